The maximum Gasteiger partial charge on any atom is 0.278 e. The second-order valence-corrected chi connectivity index (χ2v) is 6.77. The molecule has 26 heavy (non-hydrogen) atoms. The number of aryl methyl sites for hydroxylation is 2. The second-order valence-electron chi connectivity index (χ2n) is 6.77. The molecule has 0 radical (unpaired) electrons. The van der Waals surface area contributed by atoms with Crippen LogP contribution in [0.25, 0.3) is 11.6 Å². The van der Waals surface area contributed by atoms with Gasteiger partial charge in [-0.05, 0) is 45.7 Å². The predicted molar refractivity (Wildman–Crippen MR) is 92.4 cm³/mol. The zero-order valence-electron chi connectivity index (χ0n) is 14.7. The smallest absolute Gasteiger partial charge is 0.278 e. The lowest BCUT2D eigenvalue weighted by atomic mass is 9.97. The van der Waals surface area contributed by atoms with E-state index in [4.69, 9.17) is 10.3 Å². The van der Waals surface area contributed by atoms with E-state index in [1.165, 1.54) is 4.90 Å². The number of nitrogens with one attached hydrogen (secondary N) is 1. The molecule has 3 N–H and O–H groups in total. The zero-order valence-corrected chi connectivity index (χ0v) is 14.7. The predicted octanol–water partition coefficient (Wildman–Crippen LogP) is 0.926. The molecule has 0 saturated carbocycles. The summed E-state index contributed by atoms with van der Waals surface area (Å²) in [6.07, 6.45) is 1.87. The van der Waals surface area contributed by atoms with Crippen molar-refractivity contribution < 1.29 is 14.1 Å². The van der Waals surface area contributed by atoms with Gasteiger partial charge in [-0.2, -0.15) is 4.98 Å². The molecule has 2 aromatic rings. The Balaban J connectivity index is 1.73. The summed E-state index contributed by atoms with van der Waals surface area (Å²) in [5.41, 5.74) is 7.46. The second kappa shape index (κ2) is 6.17. The number of aromatic nitrogens is 3. The highest BCUT2D eigenvalue weighted by molar-refractivity contribution is 6.24. The first-order valence-electron chi connectivity index (χ1n) is 8.65. The van der Waals surface area contributed by atoms with Crippen molar-refractivity contribution in [1.29, 1.82) is 0 Å². The number of rotatable bonds is 3. The average molecular weight is 356 g/mol. The summed E-state index contributed by atoms with van der Waals surface area (Å²) in [7, 11) is 0. The summed E-state index contributed by atoms with van der Waals surface area (Å²) in [6.45, 7) is 5.57. The maximum absolute atomic E-state index is 13.0. The van der Waals surface area contributed by atoms with E-state index in [1.807, 2.05) is 0 Å². The molecule has 1 saturated heterocycles. The Bertz CT molecular complexity index is 900. The van der Waals surface area contributed by atoms with Crippen molar-refractivity contribution >= 4 is 17.5 Å². The molecule has 2 aliphatic heterocycles. The molecule has 0 aromatic carbocycles. The molecule has 0 bridgehead atoms. The van der Waals surface area contributed by atoms with Gasteiger partial charge in [0.2, 0.25) is 0 Å². The molecule has 1 fully saturated rings. The minimum Gasteiger partial charge on any atom is -0.396 e. The Morgan fingerprint density at radius 3 is 2.50 bits per heavy atom. The van der Waals surface area contributed by atoms with Crippen molar-refractivity contribution in [2.75, 3.05) is 25.4 Å². The fourth-order valence-corrected chi connectivity index (χ4v) is 3.61. The van der Waals surface area contributed by atoms with Gasteiger partial charge in [0.15, 0.2) is 11.5 Å². The summed E-state index contributed by atoms with van der Waals surface area (Å²) in [6, 6.07) is 0. The Labute approximate surface area is 150 Å². The number of carbonyl (C=O) groups excluding carboxylic acids is 2. The number of piperidine rings is 1. The molecule has 2 amide bonds. The summed E-state index contributed by atoms with van der Waals surface area (Å²) >= 11 is 0. The van der Waals surface area contributed by atoms with Gasteiger partial charge < -0.3 is 15.6 Å². The summed E-state index contributed by atoms with van der Waals surface area (Å²) in [5, 5.41) is 7.02. The number of hydrogen-bond acceptors (Lipinski definition) is 8. The number of imide groups is 1. The highest BCUT2D eigenvalue weighted by Gasteiger charge is 2.41. The van der Waals surface area contributed by atoms with Gasteiger partial charge in [-0.1, -0.05) is 5.16 Å². The molecule has 9 heteroatoms. The van der Waals surface area contributed by atoms with Crippen molar-refractivity contribution in [2.45, 2.75) is 26.7 Å². The molecular weight excluding hydrogens is 336 g/mol. The first-order chi connectivity index (χ1) is 12.5. The van der Waals surface area contributed by atoms with E-state index in [9.17, 15) is 9.59 Å². The molecule has 0 unspecified atom stereocenters. The van der Waals surface area contributed by atoms with Crippen LogP contribution in [-0.2, 0) is 0 Å². The quantitative estimate of drug-likeness (QED) is 0.777. The van der Waals surface area contributed by atoms with Gasteiger partial charge in [-0.25, -0.2) is 4.98 Å². The maximum atomic E-state index is 13.0. The Kier molecular flexibility index (Phi) is 3.95. The number of nitrogen functional groups attached to an aromatic ring is 1. The van der Waals surface area contributed by atoms with Gasteiger partial charge in [0.25, 0.3) is 17.7 Å². The number of amides is 2. The Morgan fingerprint density at radius 2 is 1.85 bits per heavy atom. The topological polar surface area (TPSA) is 127 Å². The van der Waals surface area contributed by atoms with Crippen molar-refractivity contribution in [1.82, 2.24) is 25.3 Å². The normalized spacial score (nSPS) is 17.8. The molecule has 2 aliphatic rings. The highest BCUT2D eigenvalue weighted by atomic mass is 16.5. The fourth-order valence-electron chi connectivity index (χ4n) is 3.61. The van der Waals surface area contributed by atoms with E-state index in [0.717, 1.165) is 25.9 Å². The van der Waals surface area contributed by atoms with Crippen LogP contribution in [-0.4, -0.2) is 51.5 Å². The third kappa shape index (κ3) is 2.55. The van der Waals surface area contributed by atoms with Crippen LogP contribution in [0.3, 0.4) is 0 Å². The van der Waals surface area contributed by atoms with Gasteiger partial charge in [0.05, 0.1) is 22.5 Å². The van der Waals surface area contributed by atoms with Gasteiger partial charge in [0, 0.05) is 6.54 Å². The lowest BCUT2D eigenvalue weighted by Gasteiger charge is -2.26. The number of carbonyl (C=O) groups is 2. The van der Waals surface area contributed by atoms with Crippen molar-refractivity contribution in [3.05, 3.63) is 22.6 Å². The Hall–Kier alpha value is -2.81. The third-order valence-electron chi connectivity index (χ3n) is 4.96. The fraction of sp³-hybridized carbons (Fsp3) is 0.471. The van der Waals surface area contributed by atoms with E-state index in [0.29, 0.717) is 24.0 Å². The standard InChI is InChI=1S/C17H20N6O3/c1-8-11-12(13(18)14(20-8)15-21-9(2)22-26-15)17(25)23(16(11)24)7-10-3-5-19-6-4-10/h10,19H,3-7,18H2,1-2H3. The van der Waals surface area contributed by atoms with Gasteiger partial charge in [-0.3, -0.25) is 14.5 Å². The number of anilines is 1. The van der Waals surface area contributed by atoms with E-state index < -0.39 is 0 Å². The summed E-state index contributed by atoms with van der Waals surface area (Å²) in [5.74, 6) is 0.181. The molecule has 4 rings (SSSR count). The molecule has 2 aromatic heterocycles. The number of nitrogens with two attached hydrogens (primary N) is 1. The van der Waals surface area contributed by atoms with Crippen LogP contribution in [0.4, 0.5) is 5.69 Å². The zero-order chi connectivity index (χ0) is 18.4. The molecule has 0 spiro atoms. The average Bonchev–Trinajstić information content (AvgIpc) is 3.16. The van der Waals surface area contributed by atoms with Crippen LogP contribution in [0.2, 0.25) is 0 Å². The molecular formula is C17H20N6O3. The number of fused-ring (bicyclic) bond motifs is 1. The van der Waals surface area contributed by atoms with Crippen LogP contribution in [0.15, 0.2) is 4.52 Å². The number of hydrogen-bond donors (Lipinski definition) is 2. The van der Waals surface area contributed by atoms with E-state index in [1.54, 1.807) is 13.8 Å². The molecule has 0 atom stereocenters. The van der Waals surface area contributed by atoms with E-state index >= 15 is 0 Å². The van der Waals surface area contributed by atoms with Crippen molar-refractivity contribution in [3.8, 4) is 11.6 Å². The van der Waals surface area contributed by atoms with Crippen LogP contribution in [0.5, 0.6) is 0 Å². The largest absolute Gasteiger partial charge is 0.396 e. The van der Waals surface area contributed by atoms with Gasteiger partial charge in [0.1, 0.15) is 0 Å². The first kappa shape index (κ1) is 16.6. The van der Waals surface area contributed by atoms with Crippen LogP contribution in [0, 0.1) is 19.8 Å². The molecule has 0 aliphatic carbocycles. The lowest BCUT2D eigenvalue weighted by Crippen LogP contribution is -2.39. The van der Waals surface area contributed by atoms with Gasteiger partial charge >= 0.3 is 0 Å². The summed E-state index contributed by atoms with van der Waals surface area (Å²) < 4.78 is 5.14. The minimum atomic E-state index is -0.371. The lowest BCUT2D eigenvalue weighted by molar-refractivity contribution is 0.0619. The minimum absolute atomic E-state index is 0.111. The van der Waals surface area contributed by atoms with E-state index in [2.05, 4.69) is 20.4 Å². The third-order valence-corrected chi connectivity index (χ3v) is 4.96. The van der Waals surface area contributed by atoms with Crippen molar-refractivity contribution in [3.63, 3.8) is 0 Å². The molecule has 9 nitrogen and oxygen atoms in total. The first-order valence-corrected chi connectivity index (χ1v) is 8.65. The van der Waals surface area contributed by atoms with Crippen LogP contribution >= 0.6 is 0 Å². The van der Waals surface area contributed by atoms with Crippen LogP contribution in [0.1, 0.15) is 45.1 Å². The number of nitrogens with zero attached hydrogens (tertiary/aromatic N) is 4. The Morgan fingerprint density at radius 1 is 1.15 bits per heavy atom. The highest BCUT2D eigenvalue weighted by Crippen LogP contribution is 2.35. The van der Waals surface area contributed by atoms with E-state index in [-0.39, 0.29) is 40.2 Å². The van der Waals surface area contributed by atoms with Crippen molar-refractivity contribution in [2.24, 2.45) is 5.92 Å². The van der Waals surface area contributed by atoms with Crippen LogP contribution < -0.4 is 11.1 Å². The monoisotopic (exact) mass is 356 g/mol. The number of pyridine rings is 1. The molecule has 136 valence electrons. The SMILES string of the molecule is Cc1noc(-c2nc(C)c3c(c2N)C(=O)N(CC2CCNCC2)C3=O)n1. The molecule has 4 heterocycles. The van der Waals surface area contributed by atoms with Gasteiger partial charge in [-0.15, -0.1) is 0 Å². The summed E-state index contributed by atoms with van der Waals surface area (Å²) in [4.78, 5) is 35.6.